The molecule has 0 aromatic carbocycles. The van der Waals surface area contributed by atoms with Crippen LogP contribution in [0.3, 0.4) is 0 Å². The first-order chi connectivity index (χ1) is 10.9. The average Bonchev–Trinajstić information content (AvgIpc) is 2.80. The third-order valence-corrected chi connectivity index (χ3v) is 3.97. The quantitative estimate of drug-likeness (QED) is 0.688. The first kappa shape index (κ1) is 21.6. The lowest BCUT2D eigenvalue weighted by atomic mass is 10.2. The van der Waals surface area contributed by atoms with Gasteiger partial charge in [-0.25, -0.2) is 9.50 Å². The molecule has 136 valence electrons. The number of rotatable bonds is 2. The van der Waals surface area contributed by atoms with E-state index in [1.165, 1.54) is 0 Å². The fourth-order valence-electron chi connectivity index (χ4n) is 2.80. The van der Waals surface area contributed by atoms with Crippen LogP contribution in [0.1, 0.15) is 18.2 Å². The standard InChI is InChI=1S/C16H18N6.3ClH/c1-3-12(9-17-6-1)15-11-20-16-5-4-13(21-22(15)16)14-10-18-7-2-8-19-14;;;/h1,3-6,9,11,14,18-19H,2,7-8,10H2;3*1H. The zero-order valence-corrected chi connectivity index (χ0v) is 15.9. The maximum Gasteiger partial charge on any atom is 0.154 e. The van der Waals surface area contributed by atoms with Gasteiger partial charge < -0.3 is 10.6 Å². The smallest absolute Gasteiger partial charge is 0.154 e. The van der Waals surface area contributed by atoms with E-state index in [1.807, 2.05) is 35.1 Å². The lowest BCUT2D eigenvalue weighted by molar-refractivity contribution is 0.531. The molecule has 0 spiro atoms. The third-order valence-electron chi connectivity index (χ3n) is 3.97. The predicted octanol–water partition coefficient (Wildman–Crippen LogP) is 2.68. The summed E-state index contributed by atoms with van der Waals surface area (Å²) in [6.45, 7) is 2.96. The van der Waals surface area contributed by atoms with Crippen LogP contribution in [0.4, 0.5) is 0 Å². The van der Waals surface area contributed by atoms with E-state index in [2.05, 4.69) is 26.7 Å². The monoisotopic (exact) mass is 402 g/mol. The Morgan fingerprint density at radius 1 is 1.04 bits per heavy atom. The second kappa shape index (κ2) is 9.89. The number of hydrogen-bond acceptors (Lipinski definition) is 5. The molecule has 6 nitrogen and oxygen atoms in total. The topological polar surface area (TPSA) is 67.1 Å². The van der Waals surface area contributed by atoms with Gasteiger partial charge in [0, 0.05) is 24.5 Å². The van der Waals surface area contributed by atoms with Crippen molar-refractivity contribution in [1.29, 1.82) is 0 Å². The maximum absolute atomic E-state index is 4.80. The lowest BCUT2D eigenvalue weighted by Gasteiger charge is -2.15. The minimum atomic E-state index is 0. The average molecular weight is 404 g/mol. The number of fused-ring (bicyclic) bond motifs is 1. The molecule has 4 heterocycles. The number of hydrogen-bond donors (Lipinski definition) is 2. The Labute approximate surface area is 165 Å². The number of imidazole rings is 1. The highest BCUT2D eigenvalue weighted by atomic mass is 35.5. The van der Waals surface area contributed by atoms with Crippen LogP contribution in [0.5, 0.6) is 0 Å². The van der Waals surface area contributed by atoms with Crippen LogP contribution >= 0.6 is 37.2 Å². The third kappa shape index (κ3) is 4.59. The molecule has 9 heteroatoms. The molecular weight excluding hydrogens is 383 g/mol. The molecule has 0 bridgehead atoms. The minimum Gasteiger partial charge on any atom is -0.315 e. The molecule has 0 saturated carbocycles. The van der Waals surface area contributed by atoms with Crippen LogP contribution < -0.4 is 10.6 Å². The predicted molar refractivity (Wildman–Crippen MR) is 106 cm³/mol. The Morgan fingerprint density at radius 2 is 1.92 bits per heavy atom. The van der Waals surface area contributed by atoms with Gasteiger partial charge in [0.05, 0.1) is 23.6 Å². The van der Waals surface area contributed by atoms with E-state index in [9.17, 15) is 0 Å². The van der Waals surface area contributed by atoms with Gasteiger partial charge >= 0.3 is 0 Å². The van der Waals surface area contributed by atoms with Crippen LogP contribution in [0.25, 0.3) is 16.9 Å². The highest BCUT2D eigenvalue weighted by Gasteiger charge is 2.16. The van der Waals surface area contributed by atoms with Gasteiger partial charge in [0.2, 0.25) is 0 Å². The molecule has 1 fully saturated rings. The summed E-state index contributed by atoms with van der Waals surface area (Å²) in [5.74, 6) is 0. The van der Waals surface area contributed by atoms with Crippen molar-refractivity contribution >= 4 is 42.9 Å². The first-order valence-electron chi connectivity index (χ1n) is 7.61. The first-order valence-corrected chi connectivity index (χ1v) is 7.61. The highest BCUT2D eigenvalue weighted by molar-refractivity contribution is 5.86. The SMILES string of the molecule is Cl.Cl.Cl.c1cncc(-c2cnc3ccc(C4CNCCCN4)nn23)c1. The van der Waals surface area contributed by atoms with E-state index in [-0.39, 0.29) is 43.3 Å². The fraction of sp³-hybridized carbons (Fsp3) is 0.312. The van der Waals surface area contributed by atoms with Crippen molar-refractivity contribution in [3.8, 4) is 11.3 Å². The molecule has 0 radical (unpaired) electrons. The number of nitrogens with one attached hydrogen (secondary N) is 2. The molecule has 4 rings (SSSR count). The summed E-state index contributed by atoms with van der Waals surface area (Å²) in [6.07, 6.45) is 6.60. The van der Waals surface area contributed by atoms with Crippen LogP contribution in [-0.2, 0) is 0 Å². The molecule has 3 aromatic heterocycles. The molecule has 3 aromatic rings. The molecule has 0 amide bonds. The second-order valence-electron chi connectivity index (χ2n) is 5.48. The highest BCUT2D eigenvalue weighted by Crippen LogP contribution is 2.20. The van der Waals surface area contributed by atoms with Crippen LogP contribution in [0.2, 0.25) is 0 Å². The zero-order chi connectivity index (χ0) is 14.8. The normalized spacial score (nSPS) is 16.9. The Balaban J connectivity index is 0.00000104. The zero-order valence-electron chi connectivity index (χ0n) is 13.5. The van der Waals surface area contributed by atoms with Gasteiger partial charge in [-0.05, 0) is 43.8 Å². The minimum absolute atomic E-state index is 0. The maximum atomic E-state index is 4.80. The summed E-state index contributed by atoms with van der Waals surface area (Å²) in [5.41, 5.74) is 3.87. The van der Waals surface area contributed by atoms with E-state index in [4.69, 9.17) is 5.10 Å². The van der Waals surface area contributed by atoms with E-state index in [0.29, 0.717) is 0 Å². The second-order valence-corrected chi connectivity index (χ2v) is 5.48. The summed E-state index contributed by atoms with van der Waals surface area (Å²) < 4.78 is 1.90. The molecule has 1 aliphatic rings. The van der Waals surface area contributed by atoms with E-state index in [0.717, 1.165) is 48.7 Å². The number of halogens is 3. The summed E-state index contributed by atoms with van der Waals surface area (Å²) in [4.78, 5) is 8.62. The van der Waals surface area contributed by atoms with Gasteiger partial charge in [-0.3, -0.25) is 4.98 Å². The summed E-state index contributed by atoms with van der Waals surface area (Å²) >= 11 is 0. The molecule has 1 unspecified atom stereocenters. The van der Waals surface area contributed by atoms with E-state index < -0.39 is 0 Å². The largest absolute Gasteiger partial charge is 0.315 e. The van der Waals surface area contributed by atoms with Crippen LogP contribution in [0, 0.1) is 0 Å². The van der Waals surface area contributed by atoms with Gasteiger partial charge in [0.25, 0.3) is 0 Å². The number of aromatic nitrogens is 4. The van der Waals surface area contributed by atoms with Crippen molar-refractivity contribution < 1.29 is 0 Å². The van der Waals surface area contributed by atoms with E-state index in [1.54, 1.807) is 6.20 Å². The Hall–Kier alpha value is -1.44. The van der Waals surface area contributed by atoms with Crippen molar-refractivity contribution in [1.82, 2.24) is 30.2 Å². The number of nitrogens with zero attached hydrogens (tertiary/aromatic N) is 4. The molecular formula is C16H21Cl3N6. The van der Waals surface area contributed by atoms with E-state index >= 15 is 0 Å². The molecule has 1 saturated heterocycles. The lowest BCUT2D eigenvalue weighted by Crippen LogP contribution is -2.28. The van der Waals surface area contributed by atoms with Crippen molar-refractivity contribution in [2.24, 2.45) is 0 Å². The summed E-state index contributed by atoms with van der Waals surface area (Å²) in [7, 11) is 0. The Kier molecular flexibility index (Phi) is 8.55. The molecule has 2 N–H and O–H groups in total. The Bertz CT molecular complexity index is 772. The summed E-state index contributed by atoms with van der Waals surface area (Å²) in [5, 5.41) is 11.8. The van der Waals surface area contributed by atoms with Crippen molar-refractivity contribution in [2.75, 3.05) is 19.6 Å². The molecule has 25 heavy (non-hydrogen) atoms. The summed E-state index contributed by atoms with van der Waals surface area (Å²) in [6, 6.07) is 8.26. The van der Waals surface area contributed by atoms with Crippen molar-refractivity contribution in [3.63, 3.8) is 0 Å². The van der Waals surface area contributed by atoms with Gasteiger partial charge in [-0.1, -0.05) is 0 Å². The van der Waals surface area contributed by atoms with Crippen LogP contribution in [0.15, 0.2) is 42.9 Å². The Morgan fingerprint density at radius 3 is 2.72 bits per heavy atom. The van der Waals surface area contributed by atoms with Gasteiger partial charge in [0.15, 0.2) is 5.65 Å². The van der Waals surface area contributed by atoms with Crippen molar-refractivity contribution in [2.45, 2.75) is 12.5 Å². The van der Waals surface area contributed by atoms with Crippen molar-refractivity contribution in [3.05, 3.63) is 48.5 Å². The van der Waals surface area contributed by atoms with Crippen LogP contribution in [-0.4, -0.2) is 39.2 Å². The number of pyridine rings is 1. The van der Waals surface area contributed by atoms with Gasteiger partial charge in [0.1, 0.15) is 0 Å². The molecule has 1 aliphatic heterocycles. The van der Waals surface area contributed by atoms with Gasteiger partial charge in [-0.2, -0.15) is 5.10 Å². The molecule has 0 aliphatic carbocycles. The van der Waals surface area contributed by atoms with Gasteiger partial charge in [-0.15, -0.1) is 37.2 Å². The molecule has 1 atom stereocenters. The fourth-order valence-corrected chi connectivity index (χ4v) is 2.80.